The average molecular weight is 617 g/mol. The van der Waals surface area contributed by atoms with Crippen molar-refractivity contribution in [2.75, 3.05) is 0 Å². The molecule has 0 saturated heterocycles. The summed E-state index contributed by atoms with van der Waals surface area (Å²) in [5, 5.41) is 5.64. The summed E-state index contributed by atoms with van der Waals surface area (Å²) in [6, 6.07) is 17.5. The van der Waals surface area contributed by atoms with Crippen LogP contribution >= 0.6 is 0 Å². The zero-order valence-electron chi connectivity index (χ0n) is 16.9. The molecule has 0 aliphatic carbocycles. The van der Waals surface area contributed by atoms with E-state index in [1.165, 1.54) is 54.9 Å². The zero-order chi connectivity index (χ0) is 17.4. The Kier molecular flexibility index (Phi) is 10.8. The SMILES string of the molecule is Cc1[cH-]c2cccc(C)c2c1C.Cc1[cH-]c2cccc(C)c2c1C.[Cl-].[Cl-].[Th+4]. The molecule has 4 aromatic rings. The third-order valence-corrected chi connectivity index (χ3v) is 5.29. The summed E-state index contributed by atoms with van der Waals surface area (Å²) in [6.45, 7) is 13.1. The third kappa shape index (κ3) is 5.34. The van der Waals surface area contributed by atoms with Crippen LogP contribution in [0.25, 0.3) is 21.5 Å². The molecule has 4 rings (SSSR count). The topological polar surface area (TPSA) is 0 Å². The van der Waals surface area contributed by atoms with E-state index < -0.39 is 0 Å². The Morgan fingerprint density at radius 2 is 0.889 bits per heavy atom. The summed E-state index contributed by atoms with van der Waals surface area (Å²) >= 11 is 0. The predicted octanol–water partition coefficient (Wildman–Crippen LogP) is 0.976. The standard InChI is InChI=1S/2C12H13.2ClH.Th/c2*1-8-5-4-6-11-7-9(2)10(3)12(8)11;;;/h2*4-7H,1-3H3;2*1H;/q2*-1;;;+4/p-2. The van der Waals surface area contributed by atoms with Crippen molar-refractivity contribution in [2.45, 2.75) is 41.5 Å². The molecule has 0 saturated carbocycles. The molecule has 0 nitrogen and oxygen atoms in total. The minimum absolute atomic E-state index is 0. The molecule has 0 fully saturated rings. The maximum Gasteiger partial charge on any atom is 4.00 e. The van der Waals surface area contributed by atoms with E-state index in [2.05, 4.69) is 90.1 Å². The number of halogens is 2. The molecule has 0 aromatic heterocycles. The van der Waals surface area contributed by atoms with Crippen LogP contribution in [0.2, 0.25) is 0 Å². The smallest absolute Gasteiger partial charge is 1.00 e. The molecular formula is C24H26Cl2Th. The van der Waals surface area contributed by atoms with Gasteiger partial charge in [0.2, 0.25) is 0 Å². The molecular weight excluding hydrogens is 591 g/mol. The molecule has 0 unspecified atom stereocenters. The Morgan fingerprint density at radius 1 is 0.556 bits per heavy atom. The number of fused-ring (bicyclic) bond motifs is 2. The van der Waals surface area contributed by atoms with Crippen LogP contribution in [0, 0.1) is 81.5 Å². The molecule has 0 heterocycles. The van der Waals surface area contributed by atoms with Gasteiger partial charge < -0.3 is 24.8 Å². The predicted molar refractivity (Wildman–Crippen MR) is 108 cm³/mol. The number of benzene rings is 2. The molecule has 0 amide bonds. The van der Waals surface area contributed by atoms with E-state index in [0.29, 0.717) is 0 Å². The maximum atomic E-state index is 2.26. The van der Waals surface area contributed by atoms with Gasteiger partial charge in [-0.25, -0.2) is 0 Å². The van der Waals surface area contributed by atoms with E-state index in [-0.39, 0.29) is 64.8 Å². The monoisotopic (exact) mass is 616 g/mol. The van der Waals surface area contributed by atoms with E-state index in [1.807, 2.05) is 0 Å². The molecule has 0 atom stereocenters. The third-order valence-electron chi connectivity index (χ3n) is 5.29. The molecule has 140 valence electrons. The molecule has 0 bridgehead atoms. The van der Waals surface area contributed by atoms with Gasteiger partial charge in [0.05, 0.1) is 0 Å². The fraction of sp³-hybridized carbons (Fsp3) is 0.250. The van der Waals surface area contributed by atoms with Crippen LogP contribution in [-0.2, 0) is 0 Å². The van der Waals surface area contributed by atoms with E-state index in [9.17, 15) is 0 Å². The summed E-state index contributed by atoms with van der Waals surface area (Å²) in [7, 11) is 0. The van der Waals surface area contributed by atoms with Gasteiger partial charge in [0.15, 0.2) is 0 Å². The summed E-state index contributed by atoms with van der Waals surface area (Å²) in [6.07, 6.45) is 0. The second-order valence-electron chi connectivity index (χ2n) is 6.98. The van der Waals surface area contributed by atoms with Gasteiger partial charge in [0, 0.05) is 0 Å². The van der Waals surface area contributed by atoms with Crippen LogP contribution in [0.3, 0.4) is 0 Å². The van der Waals surface area contributed by atoms with Crippen molar-refractivity contribution in [1.29, 1.82) is 0 Å². The number of rotatable bonds is 0. The summed E-state index contributed by atoms with van der Waals surface area (Å²) in [5.74, 6) is 0. The van der Waals surface area contributed by atoms with Crippen molar-refractivity contribution < 1.29 is 64.8 Å². The molecule has 0 radical (unpaired) electrons. The van der Waals surface area contributed by atoms with Gasteiger partial charge in [-0.15, -0.1) is 69.1 Å². The Morgan fingerprint density at radius 3 is 1.19 bits per heavy atom. The quantitative estimate of drug-likeness (QED) is 0.259. The molecule has 0 N–H and O–H groups in total. The van der Waals surface area contributed by atoms with E-state index >= 15 is 0 Å². The van der Waals surface area contributed by atoms with Gasteiger partial charge in [0.1, 0.15) is 0 Å². The van der Waals surface area contributed by atoms with Gasteiger partial charge >= 0.3 is 39.9 Å². The fourth-order valence-corrected chi connectivity index (χ4v) is 3.72. The van der Waals surface area contributed by atoms with Crippen LogP contribution in [0.4, 0.5) is 0 Å². The van der Waals surface area contributed by atoms with E-state index in [1.54, 1.807) is 0 Å². The van der Waals surface area contributed by atoms with Crippen molar-refractivity contribution in [3.63, 3.8) is 0 Å². The molecule has 4 aromatic carbocycles. The van der Waals surface area contributed by atoms with Crippen molar-refractivity contribution in [2.24, 2.45) is 0 Å². The number of aryl methyl sites for hydroxylation is 6. The van der Waals surface area contributed by atoms with Crippen molar-refractivity contribution in [3.05, 3.63) is 81.9 Å². The van der Waals surface area contributed by atoms with Gasteiger partial charge in [-0.2, -0.15) is 11.1 Å². The van der Waals surface area contributed by atoms with Crippen molar-refractivity contribution in [3.8, 4) is 0 Å². The second-order valence-corrected chi connectivity index (χ2v) is 6.98. The van der Waals surface area contributed by atoms with Crippen LogP contribution in [0.1, 0.15) is 33.4 Å². The van der Waals surface area contributed by atoms with Crippen molar-refractivity contribution in [1.82, 2.24) is 0 Å². The van der Waals surface area contributed by atoms with E-state index in [0.717, 1.165) is 0 Å². The number of hydrogen-bond donors (Lipinski definition) is 0. The minimum Gasteiger partial charge on any atom is -1.00 e. The summed E-state index contributed by atoms with van der Waals surface area (Å²) in [5.41, 5.74) is 8.45. The average Bonchev–Trinajstić information content (AvgIpc) is 2.99. The molecule has 0 aliphatic heterocycles. The molecule has 27 heavy (non-hydrogen) atoms. The van der Waals surface area contributed by atoms with E-state index in [4.69, 9.17) is 0 Å². The number of hydrogen-bond acceptors (Lipinski definition) is 0. The van der Waals surface area contributed by atoms with Crippen LogP contribution in [0.15, 0.2) is 48.5 Å². The molecule has 3 heteroatoms. The zero-order valence-corrected chi connectivity index (χ0v) is 22.5. The summed E-state index contributed by atoms with van der Waals surface area (Å²) < 4.78 is 0. The van der Waals surface area contributed by atoms with Gasteiger partial charge in [-0.1, -0.05) is 51.0 Å². The first-order valence-corrected chi connectivity index (χ1v) is 8.64. The Balaban J connectivity index is 0.000000451. The van der Waals surface area contributed by atoms with Crippen LogP contribution in [0.5, 0.6) is 0 Å². The van der Waals surface area contributed by atoms with Gasteiger partial charge in [-0.05, 0) is 13.8 Å². The normalized spacial score (nSPS) is 9.70. The molecule has 0 spiro atoms. The first kappa shape index (κ1) is 26.6. The van der Waals surface area contributed by atoms with Gasteiger partial charge in [-0.3, -0.25) is 0 Å². The Hall–Kier alpha value is -0.435. The largest absolute Gasteiger partial charge is 4.00 e. The first-order valence-electron chi connectivity index (χ1n) is 8.64. The van der Waals surface area contributed by atoms with Crippen molar-refractivity contribution >= 4 is 21.5 Å². The Labute approximate surface area is 208 Å². The second kappa shape index (κ2) is 10.9. The van der Waals surface area contributed by atoms with Gasteiger partial charge in [0.25, 0.3) is 0 Å². The Bertz CT molecular complexity index is 938. The summed E-state index contributed by atoms with van der Waals surface area (Å²) in [4.78, 5) is 0. The van der Waals surface area contributed by atoms with Crippen LogP contribution in [-0.4, -0.2) is 0 Å². The van der Waals surface area contributed by atoms with Crippen LogP contribution < -0.4 is 24.8 Å². The molecule has 0 aliphatic rings. The minimum atomic E-state index is 0. The fourth-order valence-electron chi connectivity index (χ4n) is 3.72. The maximum absolute atomic E-state index is 2.26. The first-order chi connectivity index (χ1) is 11.4.